The minimum Gasteiger partial charge on any atom is -0.345 e. The van der Waals surface area contributed by atoms with E-state index in [1.165, 1.54) is 11.8 Å². The number of nitrogens with one attached hydrogen (secondary N) is 2. The Kier molecular flexibility index (Phi) is 3.25. The summed E-state index contributed by atoms with van der Waals surface area (Å²) in [5.74, 6) is 0.848. The molecule has 1 saturated carbocycles. The summed E-state index contributed by atoms with van der Waals surface area (Å²) in [6, 6.07) is -1.34. The molecule has 0 unspecified atom stereocenters. The molecule has 9 heteroatoms. The number of aromatic nitrogens is 3. The highest BCUT2D eigenvalue weighted by atomic mass is 19.4. The molecule has 0 radical (unpaired) electrons. The second kappa shape index (κ2) is 5.45. The number of anilines is 1. The number of H-pyrrole nitrogens is 1. The quantitative estimate of drug-likeness (QED) is 0.864. The van der Waals surface area contributed by atoms with Gasteiger partial charge in [0.2, 0.25) is 5.95 Å². The Balaban J connectivity index is 1.45. The Morgan fingerprint density at radius 2 is 2.19 bits per heavy atom. The van der Waals surface area contributed by atoms with Gasteiger partial charge in [0.15, 0.2) is 0 Å². The largest absolute Gasteiger partial charge is 0.408 e. The van der Waals surface area contributed by atoms with Crippen molar-refractivity contribution in [1.82, 2.24) is 19.9 Å². The lowest BCUT2D eigenvalue weighted by molar-refractivity contribution is -0.138. The average molecular weight is 372 g/mol. The molecular formula is C18H15F3N6. The van der Waals surface area contributed by atoms with Crippen molar-refractivity contribution in [2.24, 2.45) is 4.99 Å². The number of amidine groups is 1. The molecule has 0 bridgehead atoms. The minimum atomic E-state index is -4.36. The number of hydrogen-bond donors (Lipinski definition) is 2. The normalized spacial score (nSPS) is 21.9. The zero-order valence-electron chi connectivity index (χ0n) is 14.2. The van der Waals surface area contributed by atoms with Gasteiger partial charge in [0.05, 0.1) is 6.04 Å². The molecule has 2 aromatic heterocycles. The van der Waals surface area contributed by atoms with Crippen molar-refractivity contribution in [3.8, 4) is 0 Å². The number of fused-ring (bicyclic) bond motifs is 4. The van der Waals surface area contributed by atoms with E-state index in [1.807, 2.05) is 24.6 Å². The van der Waals surface area contributed by atoms with E-state index in [-0.39, 0.29) is 5.95 Å². The van der Waals surface area contributed by atoms with Crippen LogP contribution in [0.2, 0.25) is 0 Å². The Morgan fingerprint density at radius 3 is 3.00 bits per heavy atom. The molecule has 0 spiro atoms. The highest BCUT2D eigenvalue weighted by molar-refractivity contribution is 6.04. The molecule has 3 aliphatic rings. The second-order valence-electron chi connectivity index (χ2n) is 6.80. The van der Waals surface area contributed by atoms with Gasteiger partial charge < -0.3 is 15.2 Å². The van der Waals surface area contributed by atoms with Crippen LogP contribution in [-0.4, -0.2) is 43.9 Å². The smallest absolute Gasteiger partial charge is 0.345 e. The molecule has 2 atom stereocenters. The van der Waals surface area contributed by atoms with Crippen LogP contribution in [0.3, 0.4) is 0 Å². The van der Waals surface area contributed by atoms with Gasteiger partial charge in [-0.15, -0.1) is 0 Å². The summed E-state index contributed by atoms with van der Waals surface area (Å²) in [6.07, 6.45) is 7.89. The minimum absolute atomic E-state index is 0.0629. The molecule has 2 aromatic rings. The van der Waals surface area contributed by atoms with E-state index < -0.39 is 12.2 Å². The fraction of sp³-hybridized carbons (Fsp3) is 0.278. The van der Waals surface area contributed by atoms with Gasteiger partial charge in [-0.2, -0.15) is 18.2 Å². The van der Waals surface area contributed by atoms with Crippen LogP contribution in [0.1, 0.15) is 18.9 Å². The van der Waals surface area contributed by atoms with Crippen LogP contribution in [-0.2, 0) is 0 Å². The van der Waals surface area contributed by atoms with Gasteiger partial charge in [0.25, 0.3) is 0 Å². The van der Waals surface area contributed by atoms with Gasteiger partial charge in [-0.05, 0) is 31.1 Å². The molecule has 2 N–H and O–H groups in total. The standard InChI is InChI=1S/C18H15F3N6/c1-9(18(19,20)21)25-17-24-7-13-12(6-23-16(13)26-17)10-2-3-15-22-5-11-4-14(11)27(15)8-10/h2-3,5-9,14H,4H2,1H3,(H2,23,24,25,26)/t9-,14+/m0/s1. The first kappa shape index (κ1) is 16.1. The molecule has 6 nitrogen and oxygen atoms in total. The zero-order valence-corrected chi connectivity index (χ0v) is 14.2. The number of aliphatic imine (C=N–C) groups is 1. The summed E-state index contributed by atoms with van der Waals surface area (Å²) >= 11 is 0. The van der Waals surface area contributed by atoms with Crippen molar-refractivity contribution in [3.63, 3.8) is 0 Å². The number of nitrogens with zero attached hydrogens (tertiary/aromatic N) is 4. The summed E-state index contributed by atoms with van der Waals surface area (Å²) < 4.78 is 38.1. The number of rotatable bonds is 3. The van der Waals surface area contributed by atoms with E-state index in [9.17, 15) is 13.2 Å². The highest BCUT2D eigenvalue weighted by Gasteiger charge is 2.39. The van der Waals surface area contributed by atoms with Gasteiger partial charge in [-0.3, -0.25) is 0 Å². The Hall–Kier alpha value is -3.10. The summed E-state index contributed by atoms with van der Waals surface area (Å²) in [6.45, 7) is 1.03. The summed E-state index contributed by atoms with van der Waals surface area (Å²) in [5, 5.41) is 3.04. The number of aromatic amines is 1. The van der Waals surface area contributed by atoms with Crippen LogP contribution in [0, 0.1) is 0 Å². The third-order valence-electron chi connectivity index (χ3n) is 4.93. The molecule has 5 rings (SSSR count). The third kappa shape index (κ3) is 2.70. The fourth-order valence-corrected chi connectivity index (χ4v) is 3.25. The van der Waals surface area contributed by atoms with Crippen molar-refractivity contribution in [3.05, 3.63) is 48.1 Å². The van der Waals surface area contributed by atoms with Crippen LogP contribution in [0.25, 0.3) is 16.6 Å². The van der Waals surface area contributed by atoms with Gasteiger partial charge in [0.1, 0.15) is 17.5 Å². The van der Waals surface area contributed by atoms with E-state index in [0.29, 0.717) is 11.7 Å². The molecule has 2 aliphatic heterocycles. The molecule has 0 saturated heterocycles. The monoisotopic (exact) mass is 372 g/mol. The van der Waals surface area contributed by atoms with Gasteiger partial charge >= 0.3 is 6.18 Å². The molecule has 0 aromatic carbocycles. The SMILES string of the molecule is C[C@H](Nc1ncc2c(C3=CN4C(=NC=C5C[C@H]54)C=C3)c[nH]c2n1)C(F)(F)F. The lowest BCUT2D eigenvalue weighted by atomic mass is 10.0. The molecule has 1 fully saturated rings. The Morgan fingerprint density at radius 1 is 1.33 bits per heavy atom. The molecule has 0 amide bonds. The first-order valence-electron chi connectivity index (χ1n) is 8.53. The predicted octanol–water partition coefficient (Wildman–Crippen LogP) is 3.60. The lowest BCUT2D eigenvalue weighted by Gasteiger charge is -2.25. The maximum absolute atomic E-state index is 12.7. The van der Waals surface area contributed by atoms with Crippen LogP contribution in [0.5, 0.6) is 0 Å². The van der Waals surface area contributed by atoms with Gasteiger partial charge in [-0.25, -0.2) is 9.98 Å². The van der Waals surface area contributed by atoms with E-state index in [0.717, 1.165) is 35.7 Å². The molecule has 138 valence electrons. The van der Waals surface area contributed by atoms with Gasteiger partial charge in [-0.1, -0.05) is 0 Å². The van der Waals surface area contributed by atoms with Gasteiger partial charge in [0, 0.05) is 41.3 Å². The summed E-state index contributed by atoms with van der Waals surface area (Å²) in [5.41, 5.74) is 3.67. The maximum atomic E-state index is 12.7. The van der Waals surface area contributed by atoms with Crippen LogP contribution in [0.15, 0.2) is 47.5 Å². The van der Waals surface area contributed by atoms with E-state index in [4.69, 9.17) is 0 Å². The Bertz CT molecular complexity index is 1060. The van der Waals surface area contributed by atoms with Crippen molar-refractivity contribution in [2.75, 3.05) is 5.32 Å². The van der Waals surface area contributed by atoms with Crippen LogP contribution >= 0.6 is 0 Å². The van der Waals surface area contributed by atoms with Crippen molar-refractivity contribution in [1.29, 1.82) is 0 Å². The van der Waals surface area contributed by atoms with E-state index in [2.05, 4.69) is 30.2 Å². The molecule has 4 heterocycles. The van der Waals surface area contributed by atoms with Crippen LogP contribution in [0.4, 0.5) is 19.1 Å². The summed E-state index contributed by atoms with van der Waals surface area (Å²) in [7, 11) is 0. The second-order valence-corrected chi connectivity index (χ2v) is 6.80. The zero-order chi connectivity index (χ0) is 18.8. The van der Waals surface area contributed by atoms with Crippen molar-refractivity contribution >= 4 is 28.4 Å². The van der Waals surface area contributed by atoms with Crippen molar-refractivity contribution in [2.45, 2.75) is 31.6 Å². The maximum Gasteiger partial charge on any atom is 0.408 e. The number of alkyl halides is 3. The van der Waals surface area contributed by atoms with E-state index in [1.54, 1.807) is 6.20 Å². The molecule has 1 aliphatic carbocycles. The lowest BCUT2D eigenvalue weighted by Crippen LogP contribution is -2.33. The predicted molar refractivity (Wildman–Crippen MR) is 95.9 cm³/mol. The highest BCUT2D eigenvalue weighted by Crippen LogP contribution is 2.40. The summed E-state index contributed by atoms with van der Waals surface area (Å²) in [4.78, 5) is 17.8. The number of allylic oxidation sites excluding steroid dienone is 2. The van der Waals surface area contributed by atoms with Crippen molar-refractivity contribution < 1.29 is 13.2 Å². The topological polar surface area (TPSA) is 69.2 Å². The Labute approximate surface area is 152 Å². The number of halogens is 3. The molecule has 27 heavy (non-hydrogen) atoms. The fourth-order valence-electron chi connectivity index (χ4n) is 3.25. The van der Waals surface area contributed by atoms with E-state index >= 15 is 0 Å². The third-order valence-corrected chi connectivity index (χ3v) is 4.93. The first-order chi connectivity index (χ1) is 12.9. The first-order valence-corrected chi connectivity index (χ1v) is 8.53. The number of hydrogen-bond acceptors (Lipinski definition) is 5. The molecular weight excluding hydrogens is 357 g/mol. The van der Waals surface area contributed by atoms with Crippen LogP contribution < -0.4 is 5.32 Å². The average Bonchev–Trinajstić information content (AvgIpc) is 3.32.